The van der Waals surface area contributed by atoms with Crippen LogP contribution in [0.25, 0.3) is 5.57 Å². The van der Waals surface area contributed by atoms with Gasteiger partial charge in [-0.25, -0.2) is 4.98 Å². The van der Waals surface area contributed by atoms with Crippen LogP contribution in [-0.4, -0.2) is 38.9 Å². The molecule has 27 heavy (non-hydrogen) atoms. The molecule has 1 unspecified atom stereocenters. The van der Waals surface area contributed by atoms with E-state index in [0.29, 0.717) is 5.92 Å². The summed E-state index contributed by atoms with van der Waals surface area (Å²) in [4.78, 5) is 16.2. The lowest BCUT2D eigenvalue weighted by Crippen LogP contribution is -2.48. The number of aromatic nitrogens is 1. The van der Waals surface area contributed by atoms with E-state index in [2.05, 4.69) is 52.4 Å². The number of allylic oxidation sites excluding steroid dienone is 1. The molecular weight excluding hydrogens is 358 g/mol. The molecule has 154 valence electrons. The van der Waals surface area contributed by atoms with E-state index in [9.17, 15) is 4.79 Å². The van der Waals surface area contributed by atoms with Crippen LogP contribution in [0.3, 0.4) is 0 Å². The van der Waals surface area contributed by atoms with Gasteiger partial charge >= 0.3 is 0 Å². The fraction of sp³-hybridized carbons (Fsp3) is 0.714. The van der Waals surface area contributed by atoms with Crippen molar-refractivity contribution in [3.63, 3.8) is 0 Å². The first kappa shape index (κ1) is 23.8. The van der Waals surface area contributed by atoms with E-state index < -0.39 is 14.4 Å². The number of oxazole rings is 1. The fourth-order valence-electron chi connectivity index (χ4n) is 2.58. The summed E-state index contributed by atoms with van der Waals surface area (Å²) >= 11 is 0. The molecule has 0 aliphatic rings. The van der Waals surface area contributed by atoms with E-state index in [1.165, 1.54) is 0 Å². The third kappa shape index (κ3) is 7.01. The third-order valence-electron chi connectivity index (χ3n) is 5.51. The van der Waals surface area contributed by atoms with E-state index >= 15 is 0 Å². The standard InChI is InChI=1S/C21H37NO4Si/c1-15(2)17-14-25-20(22-17)11-10-16(3)12-18(24-7)19(13-23)26-27(8,9)21(4,5)6/h13-14,16,18-19H,1,10-12H2,2-9H3/t16?,18-,19-/m0/s1. The minimum absolute atomic E-state index is 0.0457. The summed E-state index contributed by atoms with van der Waals surface area (Å²) < 4.78 is 17.4. The zero-order valence-corrected chi connectivity index (χ0v) is 19.3. The molecule has 0 aliphatic heterocycles. The van der Waals surface area contributed by atoms with Crippen LogP contribution < -0.4 is 0 Å². The summed E-state index contributed by atoms with van der Waals surface area (Å²) in [5.41, 5.74) is 1.70. The fourth-order valence-corrected chi connectivity index (χ4v) is 3.82. The van der Waals surface area contributed by atoms with Gasteiger partial charge < -0.3 is 18.4 Å². The highest BCUT2D eigenvalue weighted by Gasteiger charge is 2.41. The Morgan fingerprint density at radius 1 is 1.41 bits per heavy atom. The number of nitrogens with zero attached hydrogens (tertiary/aromatic N) is 1. The number of aldehydes is 1. The lowest BCUT2D eigenvalue weighted by molar-refractivity contribution is -0.121. The quantitative estimate of drug-likeness (QED) is 0.377. The monoisotopic (exact) mass is 395 g/mol. The smallest absolute Gasteiger partial charge is 0.194 e. The zero-order chi connectivity index (χ0) is 20.8. The highest BCUT2D eigenvalue weighted by molar-refractivity contribution is 6.74. The summed E-state index contributed by atoms with van der Waals surface area (Å²) in [5.74, 6) is 1.07. The number of carbonyl (C=O) groups excluding carboxylic acids is 1. The molecule has 6 heteroatoms. The summed E-state index contributed by atoms with van der Waals surface area (Å²) in [6, 6.07) is 0. The molecule has 1 rings (SSSR count). The number of hydrogen-bond donors (Lipinski definition) is 0. The minimum atomic E-state index is -2.04. The van der Waals surface area contributed by atoms with E-state index in [4.69, 9.17) is 13.6 Å². The van der Waals surface area contributed by atoms with Gasteiger partial charge in [-0.15, -0.1) is 0 Å². The van der Waals surface area contributed by atoms with E-state index in [0.717, 1.165) is 42.7 Å². The molecule has 0 aliphatic carbocycles. The van der Waals surface area contributed by atoms with Crippen LogP contribution >= 0.6 is 0 Å². The molecular formula is C21H37NO4Si. The Balaban J connectivity index is 2.65. The molecule has 0 N–H and O–H groups in total. The van der Waals surface area contributed by atoms with Crippen LogP contribution in [0.15, 0.2) is 17.3 Å². The summed E-state index contributed by atoms with van der Waals surface area (Å²) in [7, 11) is -0.394. The van der Waals surface area contributed by atoms with Crippen molar-refractivity contribution in [1.82, 2.24) is 4.98 Å². The summed E-state index contributed by atoms with van der Waals surface area (Å²) in [5, 5.41) is 0.0457. The van der Waals surface area contributed by atoms with Gasteiger partial charge in [-0.2, -0.15) is 0 Å². The van der Waals surface area contributed by atoms with Crippen molar-refractivity contribution >= 4 is 20.2 Å². The summed E-state index contributed by atoms with van der Waals surface area (Å²) in [6.07, 6.45) is 4.17. The molecule has 0 bridgehead atoms. The van der Waals surface area contributed by atoms with Gasteiger partial charge in [0.25, 0.3) is 0 Å². The maximum Gasteiger partial charge on any atom is 0.194 e. The van der Waals surface area contributed by atoms with Crippen molar-refractivity contribution in [2.24, 2.45) is 5.92 Å². The van der Waals surface area contributed by atoms with Gasteiger partial charge in [-0.1, -0.05) is 34.3 Å². The first-order valence-corrected chi connectivity index (χ1v) is 12.6. The van der Waals surface area contributed by atoms with Crippen molar-refractivity contribution in [3.8, 4) is 0 Å². The van der Waals surface area contributed by atoms with Crippen LogP contribution in [0.2, 0.25) is 18.1 Å². The SMILES string of the molecule is C=C(C)c1coc(CCC(C)C[C@H](OC)[C@H](C=O)O[Si](C)(C)C(C)(C)C)n1. The lowest BCUT2D eigenvalue weighted by atomic mass is 9.96. The Morgan fingerprint density at radius 3 is 2.48 bits per heavy atom. The molecule has 0 saturated heterocycles. The molecule has 1 aromatic rings. The molecule has 0 radical (unpaired) electrons. The van der Waals surface area contributed by atoms with Crippen LogP contribution in [0.1, 0.15) is 59.0 Å². The number of rotatable bonds is 11. The zero-order valence-electron chi connectivity index (χ0n) is 18.3. The Labute approximate surface area is 165 Å². The maximum absolute atomic E-state index is 11.7. The Morgan fingerprint density at radius 2 is 2.04 bits per heavy atom. The highest BCUT2D eigenvalue weighted by Crippen LogP contribution is 2.38. The van der Waals surface area contributed by atoms with Crippen molar-refractivity contribution in [2.45, 2.75) is 84.2 Å². The predicted octanol–water partition coefficient (Wildman–Crippen LogP) is 5.27. The first-order valence-electron chi connectivity index (χ1n) is 9.67. The number of aryl methyl sites for hydroxylation is 1. The van der Waals surface area contributed by atoms with Crippen LogP contribution in [-0.2, 0) is 20.4 Å². The molecule has 0 saturated carbocycles. The number of methoxy groups -OCH3 is 1. The molecule has 5 nitrogen and oxygen atoms in total. The second-order valence-electron chi connectivity index (χ2n) is 9.04. The Kier molecular flexibility index (Phi) is 8.64. The van der Waals surface area contributed by atoms with Crippen LogP contribution in [0.5, 0.6) is 0 Å². The average Bonchev–Trinajstić information content (AvgIpc) is 3.04. The molecule has 1 heterocycles. The van der Waals surface area contributed by atoms with Crippen molar-refractivity contribution < 1.29 is 18.4 Å². The summed E-state index contributed by atoms with van der Waals surface area (Å²) in [6.45, 7) is 18.8. The Hall–Kier alpha value is -1.24. The normalized spacial score (nSPS) is 16.0. The molecule has 0 amide bonds. The molecule has 0 fully saturated rings. The topological polar surface area (TPSA) is 61.6 Å². The molecule has 1 aromatic heterocycles. The van der Waals surface area contributed by atoms with Gasteiger partial charge in [0.15, 0.2) is 14.2 Å². The molecule has 3 atom stereocenters. The van der Waals surface area contributed by atoms with Gasteiger partial charge in [0.05, 0.1) is 6.10 Å². The van der Waals surface area contributed by atoms with Crippen molar-refractivity contribution in [2.75, 3.05) is 7.11 Å². The minimum Gasteiger partial charge on any atom is -0.448 e. The van der Waals surface area contributed by atoms with E-state index in [-0.39, 0.29) is 11.1 Å². The largest absolute Gasteiger partial charge is 0.448 e. The van der Waals surface area contributed by atoms with Crippen LogP contribution in [0.4, 0.5) is 0 Å². The number of carbonyl (C=O) groups is 1. The first-order chi connectivity index (χ1) is 12.4. The number of hydrogen-bond acceptors (Lipinski definition) is 5. The van der Waals surface area contributed by atoms with Gasteiger partial charge in [0.1, 0.15) is 24.3 Å². The lowest BCUT2D eigenvalue weighted by Gasteiger charge is -2.39. The van der Waals surface area contributed by atoms with Gasteiger partial charge in [0, 0.05) is 13.5 Å². The third-order valence-corrected chi connectivity index (χ3v) is 9.99. The molecule has 0 spiro atoms. The van der Waals surface area contributed by atoms with Crippen molar-refractivity contribution in [1.29, 1.82) is 0 Å². The van der Waals surface area contributed by atoms with Gasteiger partial charge in [-0.3, -0.25) is 0 Å². The van der Waals surface area contributed by atoms with E-state index in [1.807, 2.05) is 6.92 Å². The second-order valence-corrected chi connectivity index (χ2v) is 13.8. The maximum atomic E-state index is 11.7. The molecule has 0 aromatic carbocycles. The average molecular weight is 396 g/mol. The number of ether oxygens (including phenoxy) is 1. The van der Waals surface area contributed by atoms with Crippen molar-refractivity contribution in [3.05, 3.63) is 24.4 Å². The van der Waals surface area contributed by atoms with E-state index in [1.54, 1.807) is 13.4 Å². The second kappa shape index (κ2) is 9.80. The van der Waals surface area contributed by atoms with Gasteiger partial charge in [0.2, 0.25) is 0 Å². The predicted molar refractivity (Wildman–Crippen MR) is 112 cm³/mol. The van der Waals surface area contributed by atoms with Crippen LogP contribution in [0, 0.1) is 5.92 Å². The Bertz CT molecular complexity index is 618. The van der Waals surface area contributed by atoms with Gasteiger partial charge in [-0.05, 0) is 49.4 Å². The highest BCUT2D eigenvalue weighted by atomic mass is 28.4.